The first-order chi connectivity index (χ1) is 8.84. The Labute approximate surface area is 112 Å². The van der Waals surface area contributed by atoms with E-state index < -0.39 is 0 Å². The van der Waals surface area contributed by atoms with Gasteiger partial charge >= 0.3 is 6.03 Å². The summed E-state index contributed by atoms with van der Waals surface area (Å²) in [6.45, 7) is 1.36. The van der Waals surface area contributed by atoms with Crippen molar-refractivity contribution in [3.8, 4) is 0 Å². The quantitative estimate of drug-likeness (QED) is 0.786. The molecule has 0 radical (unpaired) electrons. The molecule has 3 nitrogen and oxygen atoms in total. The van der Waals surface area contributed by atoms with Crippen molar-refractivity contribution in [3.05, 3.63) is 34.0 Å². The van der Waals surface area contributed by atoms with Gasteiger partial charge in [-0.1, -0.05) is 17.7 Å². The smallest absolute Gasteiger partial charge is 0.315 e. The molecule has 2 amide bonds. The highest BCUT2D eigenvalue weighted by Gasteiger charge is 2.04. The number of carbonyl (C=O) groups is 1. The van der Waals surface area contributed by atoms with Crippen molar-refractivity contribution in [1.29, 1.82) is 0 Å². The van der Waals surface area contributed by atoms with E-state index in [1.165, 1.54) is 36.1 Å². The molecule has 18 heavy (non-hydrogen) atoms. The molecule has 4 heteroatoms. The Morgan fingerprint density at radius 1 is 1.33 bits per heavy atom. The number of amides is 2. The maximum absolute atomic E-state index is 11.5. The Balaban J connectivity index is 1.58. The van der Waals surface area contributed by atoms with Gasteiger partial charge in [0.15, 0.2) is 0 Å². The van der Waals surface area contributed by atoms with Crippen molar-refractivity contribution >= 4 is 17.4 Å². The third-order valence-corrected chi connectivity index (χ3v) is 4.00. The highest BCUT2D eigenvalue weighted by Crippen LogP contribution is 2.19. The molecule has 2 rings (SSSR count). The van der Waals surface area contributed by atoms with Crippen molar-refractivity contribution in [2.45, 2.75) is 38.6 Å². The second-order valence-corrected chi connectivity index (χ2v) is 5.58. The van der Waals surface area contributed by atoms with E-state index in [0.29, 0.717) is 6.54 Å². The van der Waals surface area contributed by atoms with Crippen LogP contribution in [0.5, 0.6) is 0 Å². The highest BCUT2D eigenvalue weighted by atomic mass is 32.1. The van der Waals surface area contributed by atoms with Crippen LogP contribution in [0, 0.1) is 0 Å². The molecule has 0 fully saturated rings. The minimum absolute atomic E-state index is 0.0696. The Bertz CT molecular complexity index is 398. The zero-order chi connectivity index (χ0) is 12.6. The van der Waals surface area contributed by atoms with Crippen LogP contribution in [0.15, 0.2) is 29.2 Å². The lowest BCUT2D eigenvalue weighted by Gasteiger charge is -2.13. The van der Waals surface area contributed by atoms with Gasteiger partial charge in [-0.25, -0.2) is 4.79 Å². The van der Waals surface area contributed by atoms with Crippen molar-refractivity contribution in [1.82, 2.24) is 10.6 Å². The van der Waals surface area contributed by atoms with Crippen LogP contribution in [-0.2, 0) is 6.54 Å². The minimum Gasteiger partial charge on any atom is -0.338 e. The summed E-state index contributed by atoms with van der Waals surface area (Å²) in [7, 11) is 0. The van der Waals surface area contributed by atoms with Crippen LogP contribution in [0.2, 0.25) is 0 Å². The van der Waals surface area contributed by atoms with Gasteiger partial charge in [0.25, 0.3) is 0 Å². The van der Waals surface area contributed by atoms with E-state index in [4.69, 9.17) is 0 Å². The number of hydrogen-bond donors (Lipinski definition) is 2. The molecule has 0 unspecified atom stereocenters. The molecule has 1 heterocycles. The summed E-state index contributed by atoms with van der Waals surface area (Å²) >= 11 is 1.66. The van der Waals surface area contributed by atoms with Crippen LogP contribution >= 0.6 is 11.3 Å². The average Bonchev–Trinajstić information content (AvgIpc) is 2.91. The number of rotatable bonds is 5. The molecular weight excluding hydrogens is 244 g/mol. The van der Waals surface area contributed by atoms with Crippen molar-refractivity contribution in [3.63, 3.8) is 0 Å². The number of hydrogen-bond acceptors (Lipinski definition) is 2. The molecule has 1 aromatic heterocycles. The zero-order valence-electron chi connectivity index (χ0n) is 10.6. The Kier molecular flexibility index (Phi) is 5.27. The van der Waals surface area contributed by atoms with Crippen LogP contribution in [0.4, 0.5) is 4.79 Å². The van der Waals surface area contributed by atoms with Crippen molar-refractivity contribution < 1.29 is 4.79 Å². The Morgan fingerprint density at radius 2 is 2.28 bits per heavy atom. The lowest BCUT2D eigenvalue weighted by atomic mass is 9.97. The van der Waals surface area contributed by atoms with Gasteiger partial charge in [-0.3, -0.25) is 0 Å². The molecule has 0 spiro atoms. The lowest BCUT2D eigenvalue weighted by Crippen LogP contribution is -2.35. The van der Waals surface area contributed by atoms with E-state index in [1.54, 1.807) is 11.3 Å². The van der Waals surface area contributed by atoms with E-state index in [0.717, 1.165) is 13.0 Å². The lowest BCUT2D eigenvalue weighted by molar-refractivity contribution is 0.240. The van der Waals surface area contributed by atoms with Gasteiger partial charge in [-0.2, -0.15) is 0 Å². The van der Waals surface area contributed by atoms with Crippen LogP contribution in [0.3, 0.4) is 0 Å². The zero-order valence-corrected chi connectivity index (χ0v) is 11.4. The molecule has 1 aromatic rings. The van der Waals surface area contributed by atoms with E-state index in [1.807, 2.05) is 17.5 Å². The third kappa shape index (κ3) is 4.53. The van der Waals surface area contributed by atoms with Gasteiger partial charge in [0.2, 0.25) is 0 Å². The van der Waals surface area contributed by atoms with E-state index in [2.05, 4.69) is 16.7 Å². The molecule has 0 bridgehead atoms. The largest absolute Gasteiger partial charge is 0.338 e. The fourth-order valence-electron chi connectivity index (χ4n) is 2.11. The Hall–Kier alpha value is -1.29. The first kappa shape index (κ1) is 13.1. The third-order valence-electron chi connectivity index (χ3n) is 3.12. The van der Waals surface area contributed by atoms with Gasteiger partial charge in [0.05, 0.1) is 6.54 Å². The molecule has 2 N–H and O–H groups in total. The van der Waals surface area contributed by atoms with Gasteiger partial charge in [-0.05, 0) is 43.6 Å². The fourth-order valence-corrected chi connectivity index (χ4v) is 2.76. The average molecular weight is 264 g/mol. The second-order valence-electron chi connectivity index (χ2n) is 4.55. The summed E-state index contributed by atoms with van der Waals surface area (Å²) in [4.78, 5) is 12.7. The minimum atomic E-state index is -0.0696. The van der Waals surface area contributed by atoms with Crippen LogP contribution in [0.25, 0.3) is 0 Å². The first-order valence-corrected chi connectivity index (χ1v) is 7.44. The van der Waals surface area contributed by atoms with Gasteiger partial charge in [-0.15, -0.1) is 11.3 Å². The van der Waals surface area contributed by atoms with Crippen LogP contribution in [-0.4, -0.2) is 12.6 Å². The van der Waals surface area contributed by atoms with E-state index in [9.17, 15) is 4.79 Å². The maximum Gasteiger partial charge on any atom is 0.315 e. The number of carbonyl (C=O) groups excluding carboxylic acids is 1. The predicted molar refractivity (Wildman–Crippen MR) is 75.7 cm³/mol. The van der Waals surface area contributed by atoms with Gasteiger partial charge in [0.1, 0.15) is 0 Å². The first-order valence-electron chi connectivity index (χ1n) is 6.56. The second kappa shape index (κ2) is 7.21. The molecule has 1 aliphatic rings. The normalized spacial score (nSPS) is 15.0. The Morgan fingerprint density at radius 3 is 3.00 bits per heavy atom. The summed E-state index contributed by atoms with van der Waals surface area (Å²) in [5, 5.41) is 7.79. The predicted octanol–water partition coefficient (Wildman–Crippen LogP) is 3.44. The molecule has 0 aliphatic heterocycles. The molecule has 0 saturated heterocycles. The van der Waals surface area contributed by atoms with Gasteiger partial charge in [0, 0.05) is 11.4 Å². The highest BCUT2D eigenvalue weighted by molar-refractivity contribution is 7.09. The number of allylic oxidation sites excluding steroid dienone is 1. The monoisotopic (exact) mass is 264 g/mol. The summed E-state index contributed by atoms with van der Waals surface area (Å²) in [5.74, 6) is 0. The standard InChI is InChI=1S/C14H20N2OS/c17-14(16-11-13-7-4-10-18-13)15-9-8-12-5-2-1-3-6-12/h4-5,7,10H,1-3,6,8-9,11H2,(H2,15,16,17). The maximum atomic E-state index is 11.5. The number of thiophene rings is 1. The van der Waals surface area contributed by atoms with E-state index in [-0.39, 0.29) is 6.03 Å². The molecule has 0 atom stereocenters. The fraction of sp³-hybridized carbons (Fsp3) is 0.500. The topological polar surface area (TPSA) is 41.1 Å². The van der Waals surface area contributed by atoms with Crippen LogP contribution < -0.4 is 10.6 Å². The SMILES string of the molecule is O=C(NCCC1=CCCCC1)NCc1cccs1. The molecule has 0 saturated carbocycles. The molecule has 0 aromatic carbocycles. The summed E-state index contributed by atoms with van der Waals surface area (Å²) in [5.41, 5.74) is 1.50. The van der Waals surface area contributed by atoms with Crippen molar-refractivity contribution in [2.24, 2.45) is 0 Å². The van der Waals surface area contributed by atoms with Crippen molar-refractivity contribution in [2.75, 3.05) is 6.54 Å². The number of urea groups is 1. The summed E-state index contributed by atoms with van der Waals surface area (Å²) in [6.07, 6.45) is 8.36. The van der Waals surface area contributed by atoms with Gasteiger partial charge < -0.3 is 10.6 Å². The van der Waals surface area contributed by atoms with Crippen LogP contribution in [0.1, 0.15) is 37.0 Å². The summed E-state index contributed by atoms with van der Waals surface area (Å²) in [6, 6.07) is 3.95. The molecule has 1 aliphatic carbocycles. The molecular formula is C14H20N2OS. The number of nitrogens with one attached hydrogen (secondary N) is 2. The van der Waals surface area contributed by atoms with E-state index >= 15 is 0 Å². The molecule has 98 valence electrons. The summed E-state index contributed by atoms with van der Waals surface area (Å²) < 4.78 is 0.